The molecule has 5 rings (SSSR count). The van der Waals surface area contributed by atoms with Gasteiger partial charge in [-0.3, -0.25) is 14.4 Å². The van der Waals surface area contributed by atoms with E-state index in [1.165, 1.54) is 5.56 Å². The number of amides is 2. The van der Waals surface area contributed by atoms with Gasteiger partial charge in [0.15, 0.2) is 0 Å². The van der Waals surface area contributed by atoms with E-state index < -0.39 is 11.3 Å². The highest BCUT2D eigenvalue weighted by Gasteiger charge is 2.62. The molecule has 0 radical (unpaired) electrons. The summed E-state index contributed by atoms with van der Waals surface area (Å²) < 4.78 is 10.9. The van der Waals surface area contributed by atoms with Crippen LogP contribution in [0, 0.1) is 11.3 Å². The van der Waals surface area contributed by atoms with E-state index in [0.29, 0.717) is 37.7 Å². The molecule has 2 saturated heterocycles. The first-order chi connectivity index (χ1) is 19.0. The first-order valence-corrected chi connectivity index (χ1v) is 14.1. The lowest BCUT2D eigenvalue weighted by molar-refractivity contribution is -0.158. The molecule has 2 aromatic rings. The Kier molecular flexibility index (Phi) is 8.05. The van der Waals surface area contributed by atoms with Crippen LogP contribution in [0.5, 0.6) is 5.75 Å². The van der Waals surface area contributed by atoms with Crippen molar-refractivity contribution in [2.24, 2.45) is 11.3 Å². The van der Waals surface area contributed by atoms with Crippen molar-refractivity contribution in [3.63, 3.8) is 0 Å². The molecule has 0 saturated carbocycles. The Bertz CT molecular complexity index is 1220. The molecular weight excluding hydrogens is 492 g/mol. The lowest BCUT2D eigenvalue weighted by Crippen LogP contribution is -2.45. The number of allylic oxidation sites excluding steroid dienone is 1. The standard InChI is InChI=1S/C32H38N2O5/c1-3-39-31(37)32-18-8-7-11-28(32)34(22-23-12-14-26(38-2)15-13-23)30(36)27(32)21-29(35)33-19-16-25(17-20-33)24-9-5-4-6-10-24/h4-6,9-15,25,27H,3,7-8,16-22H2,1-2H3/t27-,32-/m0/s1. The SMILES string of the molecule is CCOC(=O)[C@]12CCCC=C1N(Cc1ccc(OC)cc1)C(=O)[C@@H]2CC(=O)N1CCC(c2ccccc2)CC1. The van der Waals surface area contributed by atoms with Crippen LogP contribution in [0.4, 0.5) is 0 Å². The Morgan fingerprint density at radius 2 is 1.74 bits per heavy atom. The molecule has 0 N–H and O–H groups in total. The zero-order chi connectivity index (χ0) is 27.4. The Morgan fingerprint density at radius 3 is 2.41 bits per heavy atom. The fourth-order valence-electron chi connectivity index (χ4n) is 6.59. The first-order valence-electron chi connectivity index (χ1n) is 14.1. The molecule has 2 aromatic carbocycles. The van der Waals surface area contributed by atoms with Crippen LogP contribution in [-0.2, 0) is 25.7 Å². The summed E-state index contributed by atoms with van der Waals surface area (Å²) in [6.07, 6.45) is 5.90. The molecule has 0 bridgehead atoms. The molecule has 2 atom stereocenters. The molecule has 7 heteroatoms. The number of benzene rings is 2. The highest BCUT2D eigenvalue weighted by Crippen LogP contribution is 2.54. The van der Waals surface area contributed by atoms with Gasteiger partial charge in [0, 0.05) is 25.2 Å². The Hall–Kier alpha value is -3.61. The van der Waals surface area contributed by atoms with E-state index in [0.717, 1.165) is 37.0 Å². The van der Waals surface area contributed by atoms with Crippen LogP contribution >= 0.6 is 0 Å². The average molecular weight is 531 g/mol. The average Bonchev–Trinajstić information content (AvgIpc) is 3.22. The largest absolute Gasteiger partial charge is 0.497 e. The van der Waals surface area contributed by atoms with Gasteiger partial charge in [-0.05, 0) is 68.2 Å². The molecule has 0 aromatic heterocycles. The molecule has 2 aliphatic heterocycles. The number of rotatable bonds is 8. The van der Waals surface area contributed by atoms with Gasteiger partial charge in [-0.25, -0.2) is 0 Å². The predicted octanol–water partition coefficient (Wildman–Crippen LogP) is 5.07. The Morgan fingerprint density at radius 1 is 1.03 bits per heavy atom. The summed E-state index contributed by atoms with van der Waals surface area (Å²) in [7, 11) is 1.62. The van der Waals surface area contributed by atoms with Gasteiger partial charge in [0.1, 0.15) is 11.2 Å². The summed E-state index contributed by atoms with van der Waals surface area (Å²) >= 11 is 0. The van der Waals surface area contributed by atoms with Crippen molar-refractivity contribution < 1.29 is 23.9 Å². The fourth-order valence-corrected chi connectivity index (χ4v) is 6.59. The number of esters is 1. The molecule has 1 aliphatic carbocycles. The molecule has 0 spiro atoms. The third-order valence-electron chi connectivity index (χ3n) is 8.66. The fraction of sp³-hybridized carbons (Fsp3) is 0.469. The molecule has 39 heavy (non-hydrogen) atoms. The van der Waals surface area contributed by atoms with Crippen LogP contribution in [0.2, 0.25) is 0 Å². The molecule has 0 unspecified atom stereocenters. The number of piperidine rings is 1. The molecule has 7 nitrogen and oxygen atoms in total. The lowest BCUT2D eigenvalue weighted by Gasteiger charge is -2.37. The van der Waals surface area contributed by atoms with Crippen molar-refractivity contribution >= 4 is 17.8 Å². The Labute approximate surface area is 230 Å². The number of fused-ring (bicyclic) bond motifs is 1. The van der Waals surface area contributed by atoms with E-state index in [1.54, 1.807) is 18.9 Å². The third-order valence-corrected chi connectivity index (χ3v) is 8.66. The summed E-state index contributed by atoms with van der Waals surface area (Å²) in [5.41, 5.74) is 1.83. The van der Waals surface area contributed by atoms with Crippen LogP contribution in [0.15, 0.2) is 66.4 Å². The van der Waals surface area contributed by atoms with Crippen molar-refractivity contribution in [3.05, 3.63) is 77.5 Å². The first kappa shape index (κ1) is 27.0. The second-order valence-electron chi connectivity index (χ2n) is 10.8. The monoisotopic (exact) mass is 530 g/mol. The van der Waals surface area contributed by atoms with Crippen LogP contribution < -0.4 is 4.74 Å². The maximum Gasteiger partial charge on any atom is 0.318 e. The van der Waals surface area contributed by atoms with E-state index in [4.69, 9.17) is 9.47 Å². The van der Waals surface area contributed by atoms with Crippen molar-refractivity contribution in [3.8, 4) is 5.75 Å². The molecule has 2 heterocycles. The van der Waals surface area contributed by atoms with E-state index in [-0.39, 0.29) is 30.8 Å². The van der Waals surface area contributed by atoms with Crippen LogP contribution in [-0.4, -0.2) is 54.4 Å². The summed E-state index contributed by atoms with van der Waals surface area (Å²) in [4.78, 5) is 44.9. The molecule has 2 fully saturated rings. The van der Waals surface area contributed by atoms with Gasteiger partial charge in [-0.15, -0.1) is 0 Å². The molecule has 2 amide bonds. The van der Waals surface area contributed by atoms with E-state index in [9.17, 15) is 14.4 Å². The van der Waals surface area contributed by atoms with Crippen molar-refractivity contribution in [1.82, 2.24) is 9.80 Å². The minimum atomic E-state index is -1.12. The number of hydrogen-bond acceptors (Lipinski definition) is 5. The van der Waals surface area contributed by atoms with Gasteiger partial charge in [0.2, 0.25) is 11.8 Å². The molecule has 206 valence electrons. The maximum atomic E-state index is 14.1. The summed E-state index contributed by atoms with van der Waals surface area (Å²) in [6, 6.07) is 18.0. The zero-order valence-corrected chi connectivity index (χ0v) is 22.9. The number of methoxy groups -OCH3 is 1. The van der Waals surface area contributed by atoms with Gasteiger partial charge in [-0.1, -0.05) is 48.5 Å². The second kappa shape index (κ2) is 11.6. The van der Waals surface area contributed by atoms with Gasteiger partial charge in [0.25, 0.3) is 0 Å². The minimum absolute atomic E-state index is 0.0180. The minimum Gasteiger partial charge on any atom is -0.497 e. The maximum absolute atomic E-state index is 14.1. The number of carbonyl (C=O) groups excluding carboxylic acids is 3. The van der Waals surface area contributed by atoms with Crippen molar-refractivity contribution in [2.75, 3.05) is 26.8 Å². The van der Waals surface area contributed by atoms with Gasteiger partial charge in [-0.2, -0.15) is 0 Å². The molecule has 3 aliphatic rings. The third kappa shape index (κ3) is 5.19. The van der Waals surface area contributed by atoms with E-state index in [2.05, 4.69) is 24.3 Å². The lowest BCUT2D eigenvalue weighted by atomic mass is 9.68. The normalized spacial score (nSPS) is 23.3. The number of carbonyl (C=O) groups is 3. The topological polar surface area (TPSA) is 76.1 Å². The van der Waals surface area contributed by atoms with Gasteiger partial charge < -0.3 is 19.3 Å². The van der Waals surface area contributed by atoms with Crippen LogP contribution in [0.3, 0.4) is 0 Å². The highest BCUT2D eigenvalue weighted by atomic mass is 16.5. The van der Waals surface area contributed by atoms with E-state index in [1.807, 2.05) is 41.3 Å². The number of nitrogens with zero attached hydrogens (tertiary/aromatic N) is 2. The number of likely N-dealkylation sites (tertiary alicyclic amines) is 2. The predicted molar refractivity (Wildman–Crippen MR) is 148 cm³/mol. The summed E-state index contributed by atoms with van der Waals surface area (Å²) in [5, 5.41) is 0. The van der Waals surface area contributed by atoms with Gasteiger partial charge in [0.05, 0.1) is 26.2 Å². The van der Waals surface area contributed by atoms with Gasteiger partial charge >= 0.3 is 5.97 Å². The summed E-state index contributed by atoms with van der Waals surface area (Å²) in [5.74, 6) is -0.201. The molecular formula is C32H38N2O5. The number of ether oxygens (including phenoxy) is 2. The summed E-state index contributed by atoms with van der Waals surface area (Å²) in [6.45, 7) is 3.66. The smallest absolute Gasteiger partial charge is 0.318 e. The second-order valence-corrected chi connectivity index (χ2v) is 10.8. The van der Waals surface area contributed by atoms with Crippen LogP contribution in [0.25, 0.3) is 0 Å². The zero-order valence-electron chi connectivity index (χ0n) is 22.9. The quantitative estimate of drug-likeness (QED) is 0.446. The van der Waals surface area contributed by atoms with Crippen molar-refractivity contribution in [2.45, 2.75) is 57.9 Å². The van der Waals surface area contributed by atoms with Crippen LogP contribution in [0.1, 0.15) is 62.5 Å². The Balaban J connectivity index is 1.37. The number of hydrogen-bond donors (Lipinski definition) is 0. The highest BCUT2D eigenvalue weighted by molar-refractivity contribution is 5.99. The van der Waals surface area contributed by atoms with E-state index >= 15 is 0 Å². The van der Waals surface area contributed by atoms with Crippen molar-refractivity contribution in [1.29, 1.82) is 0 Å².